The number of aryl methyl sites for hydroxylation is 1. The monoisotopic (exact) mass is 266 g/mol. The van der Waals surface area contributed by atoms with Crippen molar-refractivity contribution in [3.8, 4) is 0 Å². The van der Waals surface area contributed by atoms with Gasteiger partial charge in [0.15, 0.2) is 5.13 Å². The number of aliphatic hydroxyl groups excluding tert-OH is 1. The van der Waals surface area contributed by atoms with Gasteiger partial charge in [0.2, 0.25) is 0 Å². The predicted molar refractivity (Wildman–Crippen MR) is 75.3 cm³/mol. The third-order valence-electron chi connectivity index (χ3n) is 4.25. The molecular weight excluding hydrogens is 244 g/mol. The van der Waals surface area contributed by atoms with Gasteiger partial charge in [0.25, 0.3) is 0 Å². The molecule has 0 spiro atoms. The molecule has 1 fully saturated rings. The average Bonchev–Trinajstić information content (AvgIpc) is 2.84. The quantitative estimate of drug-likeness (QED) is 0.892. The number of piperidine rings is 1. The van der Waals surface area contributed by atoms with E-state index in [1.165, 1.54) is 25.7 Å². The molecule has 0 saturated carbocycles. The van der Waals surface area contributed by atoms with E-state index in [1.807, 2.05) is 0 Å². The molecule has 2 atom stereocenters. The Labute approximate surface area is 113 Å². The Kier molecular flexibility index (Phi) is 3.57. The number of thiazole rings is 1. The fourth-order valence-corrected chi connectivity index (χ4v) is 4.41. The molecule has 1 saturated heterocycles. The highest BCUT2D eigenvalue weighted by Crippen LogP contribution is 2.39. The van der Waals surface area contributed by atoms with Gasteiger partial charge in [-0.3, -0.25) is 0 Å². The van der Waals surface area contributed by atoms with E-state index in [2.05, 4.69) is 11.8 Å². The maximum Gasteiger partial charge on any atom is 0.186 e. The molecule has 3 rings (SSSR count). The molecule has 3 nitrogen and oxygen atoms in total. The second-order valence-electron chi connectivity index (χ2n) is 5.47. The van der Waals surface area contributed by atoms with Crippen molar-refractivity contribution in [2.45, 2.75) is 64.0 Å². The van der Waals surface area contributed by atoms with Crippen molar-refractivity contribution in [3.05, 3.63) is 10.6 Å². The summed E-state index contributed by atoms with van der Waals surface area (Å²) in [4.78, 5) is 8.43. The second-order valence-corrected chi connectivity index (χ2v) is 6.48. The smallest absolute Gasteiger partial charge is 0.186 e. The SMILES string of the molecule is CCC1CCCCN1c1nc2c(s1)C(O)CCC2. The van der Waals surface area contributed by atoms with Crippen LogP contribution >= 0.6 is 11.3 Å². The van der Waals surface area contributed by atoms with Crippen molar-refractivity contribution in [1.29, 1.82) is 0 Å². The minimum Gasteiger partial charge on any atom is -0.388 e. The third-order valence-corrected chi connectivity index (χ3v) is 5.49. The lowest BCUT2D eigenvalue weighted by Crippen LogP contribution is -2.39. The van der Waals surface area contributed by atoms with Gasteiger partial charge in [-0.1, -0.05) is 18.3 Å². The van der Waals surface area contributed by atoms with Crippen molar-refractivity contribution < 1.29 is 5.11 Å². The van der Waals surface area contributed by atoms with E-state index in [9.17, 15) is 5.11 Å². The van der Waals surface area contributed by atoms with Gasteiger partial charge in [-0.15, -0.1) is 0 Å². The lowest BCUT2D eigenvalue weighted by atomic mass is 10.0. The van der Waals surface area contributed by atoms with Gasteiger partial charge in [-0.25, -0.2) is 4.98 Å². The van der Waals surface area contributed by atoms with E-state index < -0.39 is 0 Å². The van der Waals surface area contributed by atoms with Crippen LogP contribution in [0.25, 0.3) is 0 Å². The largest absolute Gasteiger partial charge is 0.388 e. The molecule has 1 aromatic heterocycles. The summed E-state index contributed by atoms with van der Waals surface area (Å²) in [5, 5.41) is 11.2. The standard InChI is InChI=1S/C14H22N2OS/c1-2-10-6-3-4-9-16(10)14-15-11-7-5-8-12(17)13(11)18-14/h10,12,17H,2-9H2,1H3. The first kappa shape index (κ1) is 12.4. The number of anilines is 1. The molecule has 100 valence electrons. The Hall–Kier alpha value is -0.610. The highest BCUT2D eigenvalue weighted by molar-refractivity contribution is 7.15. The van der Waals surface area contributed by atoms with Crippen LogP contribution < -0.4 is 4.90 Å². The van der Waals surface area contributed by atoms with E-state index >= 15 is 0 Å². The van der Waals surface area contributed by atoms with Crippen molar-refractivity contribution >= 4 is 16.5 Å². The zero-order chi connectivity index (χ0) is 12.5. The first-order valence-electron chi connectivity index (χ1n) is 7.24. The summed E-state index contributed by atoms with van der Waals surface area (Å²) in [6, 6.07) is 0.656. The van der Waals surface area contributed by atoms with Crippen LogP contribution in [0.4, 0.5) is 5.13 Å². The highest BCUT2D eigenvalue weighted by atomic mass is 32.1. The van der Waals surface area contributed by atoms with Gasteiger partial charge in [0, 0.05) is 12.6 Å². The van der Waals surface area contributed by atoms with Crippen LogP contribution in [-0.2, 0) is 6.42 Å². The molecule has 0 aromatic carbocycles. The van der Waals surface area contributed by atoms with Gasteiger partial charge >= 0.3 is 0 Å². The first-order valence-corrected chi connectivity index (χ1v) is 8.05. The second kappa shape index (κ2) is 5.17. The van der Waals surface area contributed by atoms with Crippen molar-refractivity contribution in [2.24, 2.45) is 0 Å². The van der Waals surface area contributed by atoms with Gasteiger partial charge in [-0.05, 0) is 44.9 Å². The van der Waals surface area contributed by atoms with Crippen molar-refractivity contribution in [2.75, 3.05) is 11.4 Å². The molecule has 0 radical (unpaired) electrons. The molecule has 2 aliphatic rings. The van der Waals surface area contributed by atoms with Crippen LogP contribution in [0.2, 0.25) is 0 Å². The van der Waals surface area contributed by atoms with Gasteiger partial charge in [0.05, 0.1) is 16.7 Å². The molecule has 1 N–H and O–H groups in total. The minimum absolute atomic E-state index is 0.259. The first-order chi connectivity index (χ1) is 8.79. The maximum atomic E-state index is 10.0. The normalized spacial score (nSPS) is 28.2. The molecule has 0 amide bonds. The minimum atomic E-state index is -0.259. The molecule has 2 heterocycles. The molecule has 1 aromatic rings. The van der Waals surface area contributed by atoms with Crippen LogP contribution in [0.5, 0.6) is 0 Å². The Balaban J connectivity index is 1.87. The Morgan fingerprint density at radius 2 is 2.22 bits per heavy atom. The van der Waals surface area contributed by atoms with Crippen molar-refractivity contribution in [3.63, 3.8) is 0 Å². The summed E-state index contributed by atoms with van der Waals surface area (Å²) in [6.07, 6.45) is 7.90. The Bertz CT molecular complexity index is 418. The van der Waals surface area contributed by atoms with E-state index in [0.717, 1.165) is 41.5 Å². The third kappa shape index (κ3) is 2.16. The highest BCUT2D eigenvalue weighted by Gasteiger charge is 2.28. The summed E-state index contributed by atoms with van der Waals surface area (Å²) >= 11 is 1.73. The van der Waals surface area contributed by atoms with Crippen LogP contribution in [0.15, 0.2) is 0 Å². The lowest BCUT2D eigenvalue weighted by Gasteiger charge is -2.35. The molecular formula is C14H22N2OS. The lowest BCUT2D eigenvalue weighted by molar-refractivity contribution is 0.160. The zero-order valence-corrected chi connectivity index (χ0v) is 11.9. The number of nitrogens with zero attached hydrogens (tertiary/aromatic N) is 2. The molecule has 0 bridgehead atoms. The number of aromatic nitrogens is 1. The fraction of sp³-hybridized carbons (Fsp3) is 0.786. The van der Waals surface area contributed by atoms with E-state index in [4.69, 9.17) is 4.98 Å². The predicted octanol–water partition coefficient (Wildman–Crippen LogP) is 3.28. The van der Waals surface area contributed by atoms with Gasteiger partial charge in [-0.2, -0.15) is 0 Å². The summed E-state index contributed by atoms with van der Waals surface area (Å²) < 4.78 is 0. The Morgan fingerprint density at radius 1 is 1.33 bits per heavy atom. The summed E-state index contributed by atoms with van der Waals surface area (Å²) in [5.74, 6) is 0. The van der Waals surface area contributed by atoms with Crippen LogP contribution in [0.1, 0.15) is 62.1 Å². The molecule has 4 heteroatoms. The topological polar surface area (TPSA) is 36.4 Å². The van der Waals surface area contributed by atoms with Crippen LogP contribution in [0.3, 0.4) is 0 Å². The Morgan fingerprint density at radius 3 is 3.00 bits per heavy atom. The molecule has 2 unspecified atom stereocenters. The molecule has 1 aliphatic carbocycles. The van der Waals surface area contributed by atoms with E-state index in [1.54, 1.807) is 11.3 Å². The number of rotatable bonds is 2. The summed E-state index contributed by atoms with van der Waals surface area (Å²) in [6.45, 7) is 3.41. The average molecular weight is 266 g/mol. The number of hydrogen-bond acceptors (Lipinski definition) is 4. The van der Waals surface area contributed by atoms with Crippen LogP contribution in [0, 0.1) is 0 Å². The van der Waals surface area contributed by atoms with Gasteiger partial charge in [0.1, 0.15) is 0 Å². The summed E-state index contributed by atoms with van der Waals surface area (Å²) in [7, 11) is 0. The van der Waals surface area contributed by atoms with Crippen molar-refractivity contribution in [1.82, 2.24) is 4.98 Å². The van der Waals surface area contributed by atoms with Crippen LogP contribution in [-0.4, -0.2) is 22.7 Å². The fourth-order valence-electron chi connectivity index (χ4n) is 3.18. The molecule has 18 heavy (non-hydrogen) atoms. The number of aliphatic hydroxyl groups is 1. The van der Waals surface area contributed by atoms with E-state index in [0.29, 0.717) is 6.04 Å². The summed E-state index contributed by atoms with van der Waals surface area (Å²) in [5.41, 5.74) is 1.16. The van der Waals surface area contributed by atoms with Gasteiger partial charge < -0.3 is 10.0 Å². The number of hydrogen-bond donors (Lipinski definition) is 1. The maximum absolute atomic E-state index is 10.0. The molecule has 1 aliphatic heterocycles. The number of fused-ring (bicyclic) bond motifs is 1. The zero-order valence-electron chi connectivity index (χ0n) is 11.1. The van der Waals surface area contributed by atoms with E-state index in [-0.39, 0.29) is 6.10 Å².